The molecule has 7 nitrogen and oxygen atoms in total. The lowest BCUT2D eigenvalue weighted by Gasteiger charge is -2.31. The highest BCUT2D eigenvalue weighted by Crippen LogP contribution is 2.26. The Labute approximate surface area is 149 Å². The van der Waals surface area contributed by atoms with Gasteiger partial charge >= 0.3 is 6.03 Å². The van der Waals surface area contributed by atoms with E-state index in [4.69, 9.17) is 4.74 Å². The van der Waals surface area contributed by atoms with E-state index < -0.39 is 10.0 Å². The molecule has 140 valence electrons. The lowest BCUT2D eigenvalue weighted by Crippen LogP contribution is -2.49. The van der Waals surface area contributed by atoms with Gasteiger partial charge in [0.1, 0.15) is 5.75 Å². The zero-order chi connectivity index (χ0) is 18.6. The van der Waals surface area contributed by atoms with Gasteiger partial charge in [0.25, 0.3) is 0 Å². The summed E-state index contributed by atoms with van der Waals surface area (Å²) in [5.74, 6) is 0.736. The fraction of sp³-hybridized carbons (Fsp3) is 0.588. The summed E-state index contributed by atoms with van der Waals surface area (Å²) in [5, 5.41) is 5.86. The number of ether oxygens (including phenoxy) is 1. The Morgan fingerprint density at radius 1 is 1.32 bits per heavy atom. The first kappa shape index (κ1) is 19.5. The number of urea groups is 1. The minimum Gasteiger partial charge on any atom is -0.496 e. The van der Waals surface area contributed by atoms with Gasteiger partial charge in [-0.3, -0.25) is 0 Å². The van der Waals surface area contributed by atoms with Crippen LogP contribution in [-0.4, -0.2) is 51.3 Å². The van der Waals surface area contributed by atoms with Crippen molar-refractivity contribution in [2.45, 2.75) is 38.8 Å². The van der Waals surface area contributed by atoms with Crippen molar-refractivity contribution in [2.24, 2.45) is 0 Å². The average Bonchev–Trinajstić information content (AvgIpc) is 2.54. The topological polar surface area (TPSA) is 87.7 Å². The van der Waals surface area contributed by atoms with Gasteiger partial charge < -0.3 is 15.4 Å². The minimum atomic E-state index is -3.15. The summed E-state index contributed by atoms with van der Waals surface area (Å²) in [7, 11) is -1.55. The molecule has 8 heteroatoms. The summed E-state index contributed by atoms with van der Waals surface area (Å²) in [4.78, 5) is 12.3. The number of hydrogen-bond donors (Lipinski definition) is 2. The Morgan fingerprint density at radius 2 is 1.96 bits per heavy atom. The van der Waals surface area contributed by atoms with Crippen LogP contribution in [0.25, 0.3) is 0 Å². The first-order valence-electron chi connectivity index (χ1n) is 8.37. The Balaban J connectivity index is 1.90. The molecule has 0 radical (unpaired) electrons. The van der Waals surface area contributed by atoms with Crippen LogP contribution in [0, 0.1) is 6.92 Å². The molecule has 1 aromatic carbocycles. The predicted octanol–water partition coefficient (Wildman–Crippen LogP) is 1.79. The molecule has 1 fully saturated rings. The zero-order valence-electron chi connectivity index (χ0n) is 15.2. The van der Waals surface area contributed by atoms with Gasteiger partial charge in [0.2, 0.25) is 10.0 Å². The first-order valence-corrected chi connectivity index (χ1v) is 10.2. The molecule has 2 N–H and O–H groups in total. The molecule has 0 spiro atoms. The van der Waals surface area contributed by atoms with Crippen LogP contribution in [0.4, 0.5) is 4.79 Å². The second kappa shape index (κ2) is 8.05. The quantitative estimate of drug-likeness (QED) is 0.828. The molecule has 0 saturated carbocycles. The second-order valence-electron chi connectivity index (χ2n) is 6.52. The van der Waals surface area contributed by atoms with Gasteiger partial charge in [-0.25, -0.2) is 17.5 Å². The standard InChI is InChI=1S/C17H27N3O4S/c1-12-5-6-16(24-3)15(11-12)13(2)18-17(21)19-14-7-9-20(10-8-14)25(4,22)23/h5-6,11,13-14H,7-10H2,1-4H3,(H2,18,19,21). The monoisotopic (exact) mass is 369 g/mol. The lowest BCUT2D eigenvalue weighted by atomic mass is 10.0. The molecule has 1 saturated heterocycles. The summed E-state index contributed by atoms with van der Waals surface area (Å²) in [6.45, 7) is 4.77. The smallest absolute Gasteiger partial charge is 0.315 e. The number of hydrogen-bond acceptors (Lipinski definition) is 4. The molecule has 0 aromatic heterocycles. The molecular weight excluding hydrogens is 342 g/mol. The number of piperidine rings is 1. The molecule has 25 heavy (non-hydrogen) atoms. The van der Waals surface area contributed by atoms with Gasteiger partial charge in [-0.1, -0.05) is 17.7 Å². The van der Waals surface area contributed by atoms with E-state index in [1.165, 1.54) is 10.6 Å². The normalized spacial score (nSPS) is 17.8. The van der Waals surface area contributed by atoms with Crippen LogP contribution in [0.5, 0.6) is 5.75 Å². The Hall–Kier alpha value is -1.80. The number of nitrogens with one attached hydrogen (secondary N) is 2. The van der Waals surface area contributed by atoms with Gasteiger partial charge in [-0.15, -0.1) is 0 Å². The van der Waals surface area contributed by atoms with Crippen molar-refractivity contribution in [3.63, 3.8) is 0 Å². The largest absolute Gasteiger partial charge is 0.496 e. The van der Waals surface area contributed by atoms with E-state index in [-0.39, 0.29) is 18.1 Å². The van der Waals surface area contributed by atoms with Crippen LogP contribution in [-0.2, 0) is 10.0 Å². The van der Waals surface area contributed by atoms with Gasteiger partial charge in [0.15, 0.2) is 0 Å². The average molecular weight is 369 g/mol. The Kier molecular flexibility index (Phi) is 6.29. The number of nitrogens with zero attached hydrogens (tertiary/aromatic N) is 1. The zero-order valence-corrected chi connectivity index (χ0v) is 16.0. The number of carbonyl (C=O) groups is 1. The number of sulfonamides is 1. The van der Waals surface area contributed by atoms with Crippen molar-refractivity contribution in [1.82, 2.24) is 14.9 Å². The summed E-state index contributed by atoms with van der Waals surface area (Å²) < 4.78 is 29.8. The molecule has 1 atom stereocenters. The predicted molar refractivity (Wildman–Crippen MR) is 97.3 cm³/mol. The highest BCUT2D eigenvalue weighted by molar-refractivity contribution is 7.88. The molecule has 0 bridgehead atoms. The highest BCUT2D eigenvalue weighted by Gasteiger charge is 2.26. The fourth-order valence-corrected chi connectivity index (χ4v) is 3.90. The molecule has 1 heterocycles. The van der Waals surface area contributed by atoms with E-state index in [1.807, 2.05) is 32.0 Å². The van der Waals surface area contributed by atoms with E-state index in [0.717, 1.165) is 16.9 Å². The highest BCUT2D eigenvalue weighted by atomic mass is 32.2. The van der Waals surface area contributed by atoms with Gasteiger partial charge in [-0.2, -0.15) is 0 Å². The fourth-order valence-electron chi connectivity index (χ4n) is 3.03. The first-order chi connectivity index (χ1) is 11.7. The Morgan fingerprint density at radius 3 is 2.52 bits per heavy atom. The number of amides is 2. The van der Waals surface area contributed by atoms with Crippen LogP contribution in [0.3, 0.4) is 0 Å². The Bertz CT molecular complexity index is 713. The number of carbonyl (C=O) groups excluding carboxylic acids is 1. The van der Waals surface area contributed by atoms with Crippen LogP contribution >= 0.6 is 0 Å². The number of rotatable bonds is 5. The van der Waals surface area contributed by atoms with Crippen LogP contribution < -0.4 is 15.4 Å². The van der Waals surface area contributed by atoms with Crippen molar-refractivity contribution >= 4 is 16.1 Å². The molecule has 1 unspecified atom stereocenters. The van der Waals surface area contributed by atoms with E-state index in [0.29, 0.717) is 25.9 Å². The van der Waals surface area contributed by atoms with Gasteiger partial charge in [0.05, 0.1) is 19.4 Å². The van der Waals surface area contributed by atoms with Crippen molar-refractivity contribution < 1.29 is 17.9 Å². The molecule has 1 aliphatic heterocycles. The molecular formula is C17H27N3O4S. The van der Waals surface area contributed by atoms with Crippen LogP contribution in [0.15, 0.2) is 18.2 Å². The number of benzene rings is 1. The summed E-state index contributed by atoms with van der Waals surface area (Å²) in [6.07, 6.45) is 2.44. The minimum absolute atomic E-state index is 0.0235. The van der Waals surface area contributed by atoms with Crippen molar-refractivity contribution in [3.8, 4) is 5.75 Å². The second-order valence-corrected chi connectivity index (χ2v) is 8.50. The lowest BCUT2D eigenvalue weighted by molar-refractivity contribution is 0.225. The molecule has 2 amide bonds. The molecule has 1 aliphatic rings. The summed E-state index contributed by atoms with van der Waals surface area (Å²) in [6, 6.07) is 5.37. The SMILES string of the molecule is COc1ccc(C)cc1C(C)NC(=O)NC1CCN(S(C)(=O)=O)CC1. The van der Waals surface area contributed by atoms with Gasteiger partial charge in [-0.05, 0) is 32.8 Å². The van der Waals surface area contributed by atoms with E-state index >= 15 is 0 Å². The van der Waals surface area contributed by atoms with Crippen LogP contribution in [0.1, 0.15) is 36.9 Å². The third-order valence-corrected chi connectivity index (χ3v) is 5.76. The van der Waals surface area contributed by atoms with E-state index in [1.54, 1.807) is 7.11 Å². The maximum atomic E-state index is 12.3. The maximum Gasteiger partial charge on any atom is 0.315 e. The van der Waals surface area contributed by atoms with Crippen LogP contribution in [0.2, 0.25) is 0 Å². The maximum absolute atomic E-state index is 12.3. The van der Waals surface area contributed by atoms with E-state index in [9.17, 15) is 13.2 Å². The molecule has 0 aliphatic carbocycles. The van der Waals surface area contributed by atoms with Crippen molar-refractivity contribution in [1.29, 1.82) is 0 Å². The molecule has 1 aromatic rings. The number of methoxy groups -OCH3 is 1. The van der Waals surface area contributed by atoms with Crippen molar-refractivity contribution in [2.75, 3.05) is 26.5 Å². The number of aryl methyl sites for hydroxylation is 1. The molecule has 2 rings (SSSR count). The summed E-state index contributed by atoms with van der Waals surface area (Å²) in [5.41, 5.74) is 2.02. The van der Waals surface area contributed by atoms with E-state index in [2.05, 4.69) is 10.6 Å². The summed E-state index contributed by atoms with van der Waals surface area (Å²) >= 11 is 0. The van der Waals surface area contributed by atoms with Crippen molar-refractivity contribution in [3.05, 3.63) is 29.3 Å². The third-order valence-electron chi connectivity index (χ3n) is 4.46. The van der Waals surface area contributed by atoms with Gasteiger partial charge in [0, 0.05) is 24.7 Å². The third kappa shape index (κ3) is 5.34.